The molecule has 0 aromatic heterocycles. The van der Waals surface area contributed by atoms with E-state index in [1.54, 1.807) is 30.1 Å². The summed E-state index contributed by atoms with van der Waals surface area (Å²) in [6, 6.07) is 14.6. The average molecular weight is 466 g/mol. The molecular formula is C21H24ClN3O7. The molecule has 4 N–H and O–H groups in total. The number of benzene rings is 2. The molecule has 0 fully saturated rings. The number of likely N-dealkylation sites (N-methyl/N-ethyl adjacent to an activating group) is 1. The summed E-state index contributed by atoms with van der Waals surface area (Å²) < 4.78 is 5.19. The van der Waals surface area contributed by atoms with Gasteiger partial charge < -0.3 is 25.6 Å². The first-order valence-corrected chi connectivity index (χ1v) is 9.59. The molecule has 10 nitrogen and oxygen atoms in total. The minimum atomic E-state index is -1.82. The molecule has 0 heterocycles. The Hall–Kier alpha value is -3.63. The SMILES string of the molecule is COc1ccc(Cl)cc1NC(=O)CN(C)CC(=O)NCc1ccccc1.O=C(O)C(=O)O. The Morgan fingerprint density at radius 3 is 2.12 bits per heavy atom. The van der Waals surface area contributed by atoms with Crippen molar-refractivity contribution in [2.24, 2.45) is 0 Å². The Kier molecular flexibility index (Phi) is 11.2. The molecule has 172 valence electrons. The predicted molar refractivity (Wildman–Crippen MR) is 118 cm³/mol. The Morgan fingerprint density at radius 1 is 0.969 bits per heavy atom. The van der Waals surface area contributed by atoms with Crippen molar-refractivity contribution in [1.29, 1.82) is 0 Å². The monoisotopic (exact) mass is 465 g/mol. The zero-order chi connectivity index (χ0) is 24.1. The maximum atomic E-state index is 12.2. The van der Waals surface area contributed by atoms with Crippen molar-refractivity contribution in [2.75, 3.05) is 32.6 Å². The largest absolute Gasteiger partial charge is 0.495 e. The Bertz CT molecular complexity index is 926. The normalized spacial score (nSPS) is 9.88. The van der Waals surface area contributed by atoms with E-state index in [1.165, 1.54) is 7.11 Å². The third-order valence-electron chi connectivity index (χ3n) is 3.78. The number of halogens is 1. The van der Waals surface area contributed by atoms with Crippen LogP contribution in [0, 0.1) is 0 Å². The van der Waals surface area contributed by atoms with Crippen molar-refractivity contribution >= 4 is 41.0 Å². The number of nitrogens with zero attached hydrogens (tertiary/aromatic N) is 1. The van der Waals surface area contributed by atoms with E-state index in [0.29, 0.717) is 23.0 Å². The Balaban J connectivity index is 0.000000751. The van der Waals surface area contributed by atoms with Crippen molar-refractivity contribution in [3.05, 3.63) is 59.1 Å². The fourth-order valence-corrected chi connectivity index (χ4v) is 2.54. The molecule has 0 saturated carbocycles. The Morgan fingerprint density at radius 2 is 1.56 bits per heavy atom. The minimum absolute atomic E-state index is 0.0639. The van der Waals surface area contributed by atoms with Gasteiger partial charge in [0.1, 0.15) is 5.75 Å². The predicted octanol–water partition coefficient (Wildman–Crippen LogP) is 1.69. The molecule has 0 aliphatic carbocycles. The number of carboxylic acid groups (broad SMARTS) is 2. The molecule has 0 aliphatic heterocycles. The number of carbonyl (C=O) groups excluding carboxylic acids is 2. The summed E-state index contributed by atoms with van der Waals surface area (Å²) in [4.78, 5) is 44.0. The van der Waals surface area contributed by atoms with Crippen LogP contribution in [-0.4, -0.2) is 66.1 Å². The van der Waals surface area contributed by atoms with Gasteiger partial charge in [-0.1, -0.05) is 41.9 Å². The van der Waals surface area contributed by atoms with E-state index in [9.17, 15) is 9.59 Å². The smallest absolute Gasteiger partial charge is 0.414 e. The molecule has 32 heavy (non-hydrogen) atoms. The molecule has 0 atom stereocenters. The van der Waals surface area contributed by atoms with Gasteiger partial charge in [0.05, 0.1) is 25.9 Å². The van der Waals surface area contributed by atoms with Crippen LogP contribution in [-0.2, 0) is 25.7 Å². The van der Waals surface area contributed by atoms with Crippen molar-refractivity contribution in [3.8, 4) is 5.75 Å². The number of carbonyl (C=O) groups is 4. The molecular weight excluding hydrogens is 442 g/mol. The van der Waals surface area contributed by atoms with Crippen LogP contribution in [0.5, 0.6) is 5.75 Å². The molecule has 11 heteroatoms. The number of rotatable bonds is 8. The highest BCUT2D eigenvalue weighted by atomic mass is 35.5. The summed E-state index contributed by atoms with van der Waals surface area (Å²) in [5.41, 5.74) is 1.52. The van der Waals surface area contributed by atoms with Crippen LogP contribution in [0.1, 0.15) is 5.56 Å². The molecule has 0 radical (unpaired) electrons. The van der Waals surface area contributed by atoms with Crippen molar-refractivity contribution in [2.45, 2.75) is 6.54 Å². The second kappa shape index (κ2) is 13.6. The van der Waals surface area contributed by atoms with Crippen molar-refractivity contribution in [3.63, 3.8) is 0 Å². The van der Waals surface area contributed by atoms with Gasteiger partial charge in [-0.05, 0) is 30.8 Å². The topological polar surface area (TPSA) is 145 Å². The highest BCUT2D eigenvalue weighted by molar-refractivity contribution is 6.31. The quantitative estimate of drug-likeness (QED) is 0.431. The zero-order valence-corrected chi connectivity index (χ0v) is 18.3. The maximum absolute atomic E-state index is 12.2. The zero-order valence-electron chi connectivity index (χ0n) is 17.5. The first-order valence-electron chi connectivity index (χ1n) is 9.21. The lowest BCUT2D eigenvalue weighted by Crippen LogP contribution is -2.38. The lowest BCUT2D eigenvalue weighted by Gasteiger charge is -2.17. The van der Waals surface area contributed by atoms with Crippen molar-refractivity contribution < 1.29 is 34.1 Å². The van der Waals surface area contributed by atoms with E-state index in [0.717, 1.165) is 5.56 Å². The number of nitrogens with one attached hydrogen (secondary N) is 2. The highest BCUT2D eigenvalue weighted by Crippen LogP contribution is 2.27. The fraction of sp³-hybridized carbons (Fsp3) is 0.238. The van der Waals surface area contributed by atoms with Crippen LogP contribution in [0.25, 0.3) is 0 Å². The van der Waals surface area contributed by atoms with Crippen LogP contribution in [0.15, 0.2) is 48.5 Å². The Labute approximate surface area is 189 Å². The summed E-state index contributed by atoms with van der Waals surface area (Å²) in [5.74, 6) is -3.54. The molecule has 2 aromatic rings. The van der Waals surface area contributed by atoms with Gasteiger partial charge in [0.25, 0.3) is 0 Å². The molecule has 0 saturated heterocycles. The van der Waals surface area contributed by atoms with E-state index in [2.05, 4.69) is 10.6 Å². The van der Waals surface area contributed by atoms with Crippen molar-refractivity contribution in [1.82, 2.24) is 10.2 Å². The molecule has 0 bridgehead atoms. The first kappa shape index (κ1) is 26.4. The number of ether oxygens (including phenoxy) is 1. The number of hydrogen-bond acceptors (Lipinski definition) is 6. The van der Waals surface area contributed by atoms with Crippen LogP contribution >= 0.6 is 11.6 Å². The molecule has 2 rings (SSSR count). The van der Waals surface area contributed by atoms with Gasteiger partial charge in [0, 0.05) is 11.6 Å². The van der Waals surface area contributed by atoms with Crippen LogP contribution in [0.2, 0.25) is 5.02 Å². The minimum Gasteiger partial charge on any atom is -0.495 e. The van der Waals surface area contributed by atoms with Gasteiger partial charge in [-0.3, -0.25) is 14.5 Å². The summed E-state index contributed by atoms with van der Waals surface area (Å²) >= 11 is 5.95. The number of anilines is 1. The van der Waals surface area contributed by atoms with Gasteiger partial charge in [-0.25, -0.2) is 9.59 Å². The second-order valence-electron chi connectivity index (χ2n) is 6.44. The summed E-state index contributed by atoms with van der Waals surface area (Å²) in [7, 11) is 3.22. The highest BCUT2D eigenvalue weighted by Gasteiger charge is 2.13. The standard InChI is InChI=1S/C19H22ClN3O3.C2H2O4/c1-23(12-18(24)21-11-14-6-4-3-5-7-14)13-19(25)22-16-10-15(20)8-9-17(16)26-2;3-1(4)2(5)6/h3-10H,11-13H2,1-2H3,(H,21,24)(H,22,25);(H,3,4)(H,5,6). The van der Waals surface area contributed by atoms with Gasteiger partial charge in [-0.15, -0.1) is 0 Å². The number of methoxy groups -OCH3 is 1. The van der Waals surface area contributed by atoms with E-state index >= 15 is 0 Å². The maximum Gasteiger partial charge on any atom is 0.414 e. The molecule has 2 amide bonds. The van der Waals surface area contributed by atoms with Crippen LogP contribution in [0.3, 0.4) is 0 Å². The van der Waals surface area contributed by atoms with Crippen LogP contribution < -0.4 is 15.4 Å². The number of aliphatic carboxylic acids is 2. The van der Waals surface area contributed by atoms with Gasteiger partial charge >= 0.3 is 11.9 Å². The van der Waals surface area contributed by atoms with E-state index < -0.39 is 11.9 Å². The third kappa shape index (κ3) is 10.4. The van der Waals surface area contributed by atoms with Gasteiger partial charge in [-0.2, -0.15) is 0 Å². The van der Waals surface area contributed by atoms with E-state index in [4.69, 9.17) is 36.1 Å². The first-order chi connectivity index (χ1) is 15.1. The summed E-state index contributed by atoms with van der Waals surface area (Å²) in [6.07, 6.45) is 0. The second-order valence-corrected chi connectivity index (χ2v) is 6.87. The molecule has 0 aliphatic rings. The van der Waals surface area contributed by atoms with E-state index in [-0.39, 0.29) is 24.9 Å². The lowest BCUT2D eigenvalue weighted by atomic mass is 10.2. The molecule has 2 aromatic carbocycles. The van der Waals surface area contributed by atoms with Crippen LogP contribution in [0.4, 0.5) is 5.69 Å². The summed E-state index contributed by atoms with van der Waals surface area (Å²) in [6.45, 7) is 0.640. The fourth-order valence-electron chi connectivity index (χ4n) is 2.37. The average Bonchev–Trinajstić information content (AvgIpc) is 2.73. The molecule has 0 unspecified atom stereocenters. The number of amides is 2. The summed E-state index contributed by atoms with van der Waals surface area (Å²) in [5, 5.41) is 20.8. The number of carboxylic acids is 2. The molecule has 0 spiro atoms. The third-order valence-corrected chi connectivity index (χ3v) is 4.01. The van der Waals surface area contributed by atoms with E-state index in [1.807, 2.05) is 30.3 Å². The van der Waals surface area contributed by atoms with Gasteiger partial charge in [0.2, 0.25) is 11.8 Å². The number of hydrogen-bond donors (Lipinski definition) is 4. The van der Waals surface area contributed by atoms with Gasteiger partial charge in [0.15, 0.2) is 0 Å². The lowest BCUT2D eigenvalue weighted by molar-refractivity contribution is -0.159.